The normalized spacial score (nSPS) is 14.6. The van der Waals surface area contributed by atoms with Crippen molar-refractivity contribution >= 4 is 0 Å². The number of nitrogens with two attached hydrogens (primary N) is 1. The summed E-state index contributed by atoms with van der Waals surface area (Å²) in [6.07, 6.45) is 3.00. The van der Waals surface area contributed by atoms with Gasteiger partial charge in [0.15, 0.2) is 5.82 Å². The van der Waals surface area contributed by atoms with E-state index in [1.54, 1.807) is 0 Å². The molecule has 1 heterocycles. The Morgan fingerprint density at radius 2 is 2.06 bits per heavy atom. The predicted octanol–water partition coefficient (Wildman–Crippen LogP) is 1.88. The topological polar surface area (TPSA) is 64.9 Å². The highest BCUT2D eigenvalue weighted by molar-refractivity contribution is 5.15. The van der Waals surface area contributed by atoms with Crippen molar-refractivity contribution in [2.24, 2.45) is 5.73 Å². The maximum atomic E-state index is 6.15. The van der Waals surface area contributed by atoms with E-state index in [1.165, 1.54) is 12.0 Å². The lowest BCUT2D eigenvalue weighted by atomic mass is 9.94. The number of hydrogen-bond donors (Lipinski definition) is 1. The molecule has 1 aromatic carbocycles. The Balaban J connectivity index is 2.00. The molecule has 2 aromatic rings. The third kappa shape index (κ3) is 2.46. The van der Waals surface area contributed by atoms with E-state index in [0.717, 1.165) is 12.8 Å². The lowest BCUT2D eigenvalue weighted by molar-refractivity contribution is 0.366. The van der Waals surface area contributed by atoms with Crippen molar-refractivity contribution in [2.75, 3.05) is 0 Å². The van der Waals surface area contributed by atoms with Gasteiger partial charge in [-0.3, -0.25) is 0 Å². The summed E-state index contributed by atoms with van der Waals surface area (Å²) < 4.78 is 4.71. The van der Waals surface area contributed by atoms with Gasteiger partial charge in [-0.25, -0.2) is 0 Å². The summed E-state index contributed by atoms with van der Waals surface area (Å²) in [7, 11) is 0. The summed E-state index contributed by atoms with van der Waals surface area (Å²) in [6.45, 7) is 1.92. The molecule has 1 unspecified atom stereocenters. The van der Waals surface area contributed by atoms with E-state index in [0.29, 0.717) is 5.82 Å². The van der Waals surface area contributed by atoms with Crippen LogP contribution in [0.2, 0.25) is 0 Å². The van der Waals surface area contributed by atoms with Gasteiger partial charge in [0.2, 0.25) is 6.39 Å². The van der Waals surface area contributed by atoms with E-state index in [-0.39, 0.29) is 0 Å². The first kappa shape index (κ1) is 10.8. The minimum atomic E-state index is -0.539. The highest BCUT2D eigenvalue weighted by Gasteiger charge is 2.25. The van der Waals surface area contributed by atoms with Crippen LogP contribution in [0.5, 0.6) is 0 Å². The fourth-order valence-electron chi connectivity index (χ4n) is 1.58. The van der Waals surface area contributed by atoms with Crippen LogP contribution in [0.4, 0.5) is 0 Å². The molecule has 4 nitrogen and oxygen atoms in total. The van der Waals surface area contributed by atoms with Crippen molar-refractivity contribution in [3.63, 3.8) is 0 Å². The standard InChI is InChI=1S/C12H15N3O/c1-12(13,11-14-9-16-15-11)8-7-10-5-3-2-4-6-10/h2-6,9H,7-8,13H2,1H3. The Morgan fingerprint density at radius 3 is 2.69 bits per heavy atom. The quantitative estimate of drug-likeness (QED) is 0.849. The average Bonchev–Trinajstić information content (AvgIpc) is 2.82. The van der Waals surface area contributed by atoms with E-state index in [2.05, 4.69) is 22.3 Å². The van der Waals surface area contributed by atoms with Crippen LogP contribution in [0.25, 0.3) is 0 Å². The van der Waals surface area contributed by atoms with Crippen LogP contribution in [-0.2, 0) is 12.0 Å². The number of hydrogen-bond acceptors (Lipinski definition) is 4. The van der Waals surface area contributed by atoms with E-state index < -0.39 is 5.54 Å². The molecule has 16 heavy (non-hydrogen) atoms. The SMILES string of the molecule is CC(N)(CCc1ccccc1)c1ncon1. The molecule has 0 bridgehead atoms. The lowest BCUT2D eigenvalue weighted by Gasteiger charge is -2.20. The highest BCUT2D eigenvalue weighted by Crippen LogP contribution is 2.20. The molecule has 0 saturated heterocycles. The Morgan fingerprint density at radius 1 is 1.31 bits per heavy atom. The number of benzene rings is 1. The molecule has 0 fully saturated rings. The molecule has 0 aliphatic rings. The van der Waals surface area contributed by atoms with Crippen LogP contribution in [-0.4, -0.2) is 10.1 Å². The third-order valence-corrected chi connectivity index (χ3v) is 2.65. The van der Waals surface area contributed by atoms with Crippen LogP contribution in [0.1, 0.15) is 24.7 Å². The van der Waals surface area contributed by atoms with Crippen molar-refractivity contribution < 1.29 is 4.52 Å². The molecule has 2 N–H and O–H groups in total. The molecular formula is C12H15N3O. The number of nitrogens with zero attached hydrogens (tertiary/aromatic N) is 2. The highest BCUT2D eigenvalue weighted by atomic mass is 16.5. The Labute approximate surface area is 94.5 Å². The van der Waals surface area contributed by atoms with Gasteiger partial charge in [-0.1, -0.05) is 35.5 Å². The van der Waals surface area contributed by atoms with E-state index in [9.17, 15) is 0 Å². The average molecular weight is 217 g/mol. The third-order valence-electron chi connectivity index (χ3n) is 2.65. The molecule has 84 valence electrons. The van der Waals surface area contributed by atoms with Gasteiger partial charge < -0.3 is 10.3 Å². The number of rotatable bonds is 4. The van der Waals surface area contributed by atoms with Crippen LogP contribution >= 0.6 is 0 Å². The molecule has 0 saturated carbocycles. The Hall–Kier alpha value is -1.68. The van der Waals surface area contributed by atoms with Gasteiger partial charge in [0.25, 0.3) is 0 Å². The van der Waals surface area contributed by atoms with Gasteiger partial charge in [0, 0.05) is 0 Å². The number of aromatic nitrogens is 2. The first-order chi connectivity index (χ1) is 7.68. The van der Waals surface area contributed by atoms with Crippen molar-refractivity contribution in [1.82, 2.24) is 10.1 Å². The van der Waals surface area contributed by atoms with E-state index in [1.807, 2.05) is 25.1 Å². The molecule has 0 radical (unpaired) electrons. The van der Waals surface area contributed by atoms with Crippen LogP contribution < -0.4 is 5.73 Å². The molecule has 1 aromatic heterocycles. The summed E-state index contributed by atoms with van der Waals surface area (Å²) >= 11 is 0. The molecule has 2 rings (SSSR count). The van der Waals surface area contributed by atoms with Gasteiger partial charge in [-0.05, 0) is 25.3 Å². The summed E-state index contributed by atoms with van der Waals surface area (Å²) in [6, 6.07) is 10.2. The smallest absolute Gasteiger partial charge is 0.213 e. The summed E-state index contributed by atoms with van der Waals surface area (Å²) in [5.41, 5.74) is 6.87. The minimum absolute atomic E-state index is 0.539. The summed E-state index contributed by atoms with van der Waals surface area (Å²) in [5.74, 6) is 0.559. The van der Waals surface area contributed by atoms with Crippen molar-refractivity contribution in [3.8, 4) is 0 Å². The summed E-state index contributed by atoms with van der Waals surface area (Å²) in [5, 5.41) is 3.79. The van der Waals surface area contributed by atoms with Gasteiger partial charge in [0.05, 0.1) is 5.54 Å². The largest absolute Gasteiger partial charge is 0.343 e. The maximum absolute atomic E-state index is 6.15. The fourth-order valence-corrected chi connectivity index (χ4v) is 1.58. The van der Waals surface area contributed by atoms with Crippen molar-refractivity contribution in [2.45, 2.75) is 25.3 Å². The minimum Gasteiger partial charge on any atom is -0.343 e. The first-order valence-corrected chi connectivity index (χ1v) is 5.28. The Bertz CT molecular complexity index is 423. The number of aryl methyl sites for hydroxylation is 1. The lowest BCUT2D eigenvalue weighted by Crippen LogP contribution is -2.34. The second-order valence-corrected chi connectivity index (χ2v) is 4.16. The van der Waals surface area contributed by atoms with E-state index in [4.69, 9.17) is 10.3 Å². The van der Waals surface area contributed by atoms with Gasteiger partial charge >= 0.3 is 0 Å². The monoisotopic (exact) mass is 217 g/mol. The molecule has 4 heteroatoms. The maximum Gasteiger partial charge on any atom is 0.213 e. The van der Waals surface area contributed by atoms with Crippen LogP contribution in [0.15, 0.2) is 41.2 Å². The van der Waals surface area contributed by atoms with Crippen molar-refractivity contribution in [3.05, 3.63) is 48.1 Å². The molecule has 0 aliphatic heterocycles. The van der Waals surface area contributed by atoms with Crippen LogP contribution in [0, 0.1) is 0 Å². The second kappa shape index (κ2) is 4.45. The predicted molar refractivity (Wildman–Crippen MR) is 60.6 cm³/mol. The van der Waals surface area contributed by atoms with E-state index >= 15 is 0 Å². The zero-order valence-corrected chi connectivity index (χ0v) is 9.26. The Kier molecular flexibility index (Phi) is 3.01. The first-order valence-electron chi connectivity index (χ1n) is 5.28. The molecule has 0 amide bonds. The zero-order chi connectivity index (χ0) is 11.4. The van der Waals surface area contributed by atoms with Gasteiger partial charge in [-0.2, -0.15) is 4.98 Å². The van der Waals surface area contributed by atoms with Gasteiger partial charge in [0.1, 0.15) is 0 Å². The summed E-state index contributed by atoms with van der Waals surface area (Å²) in [4.78, 5) is 4.00. The van der Waals surface area contributed by atoms with Crippen molar-refractivity contribution in [1.29, 1.82) is 0 Å². The van der Waals surface area contributed by atoms with Crippen LogP contribution in [0.3, 0.4) is 0 Å². The molecule has 0 aliphatic carbocycles. The van der Waals surface area contributed by atoms with Gasteiger partial charge in [-0.15, -0.1) is 0 Å². The zero-order valence-electron chi connectivity index (χ0n) is 9.26. The second-order valence-electron chi connectivity index (χ2n) is 4.16. The molecule has 1 atom stereocenters. The molecular weight excluding hydrogens is 202 g/mol. The molecule has 0 spiro atoms. The fraction of sp³-hybridized carbons (Fsp3) is 0.333.